The lowest BCUT2D eigenvalue weighted by Gasteiger charge is -2.35. The Balaban J connectivity index is 1.86. The molecule has 0 aromatic carbocycles. The number of aliphatic hydroxyl groups excluding tert-OH is 1. The number of anilines is 1. The molecule has 1 aromatic rings. The zero-order valence-corrected chi connectivity index (χ0v) is 12.5. The first kappa shape index (κ1) is 14.3. The van der Waals surface area contributed by atoms with Gasteiger partial charge in [-0.05, 0) is 25.7 Å². The van der Waals surface area contributed by atoms with Gasteiger partial charge in [-0.15, -0.1) is 0 Å². The highest BCUT2D eigenvalue weighted by atomic mass is 16.5. The normalized spacial score (nSPS) is 30.7. The summed E-state index contributed by atoms with van der Waals surface area (Å²) < 4.78 is 4.64. The standard InChI is InChI=1S/C15H21N3O3/c1-3-15(9-19)6-10-4-5-12(15)18(10)13-8-16-11(7-17-13)14(20)21-2/h7-8,10,12,19H,3-6,9H2,1-2H3/t10-,12+,15-/m1/s1. The summed E-state index contributed by atoms with van der Waals surface area (Å²) >= 11 is 0. The summed E-state index contributed by atoms with van der Waals surface area (Å²) in [4.78, 5) is 22.2. The van der Waals surface area contributed by atoms with Crippen LogP contribution in [0.3, 0.4) is 0 Å². The molecule has 3 atom stereocenters. The smallest absolute Gasteiger partial charge is 0.358 e. The number of rotatable bonds is 4. The molecular formula is C15H21N3O3. The van der Waals surface area contributed by atoms with Crippen LogP contribution in [0.1, 0.15) is 43.1 Å². The molecule has 21 heavy (non-hydrogen) atoms. The van der Waals surface area contributed by atoms with Crippen molar-refractivity contribution in [3.05, 3.63) is 18.1 Å². The molecule has 2 saturated heterocycles. The first-order valence-corrected chi connectivity index (χ1v) is 7.44. The van der Waals surface area contributed by atoms with Crippen LogP contribution in [0.15, 0.2) is 12.4 Å². The Labute approximate surface area is 124 Å². The molecule has 6 nitrogen and oxygen atoms in total. The Morgan fingerprint density at radius 1 is 1.48 bits per heavy atom. The van der Waals surface area contributed by atoms with Crippen molar-refractivity contribution in [1.29, 1.82) is 0 Å². The molecule has 6 heteroatoms. The monoisotopic (exact) mass is 291 g/mol. The molecule has 0 saturated carbocycles. The summed E-state index contributed by atoms with van der Waals surface area (Å²) in [5.74, 6) is 0.315. The van der Waals surface area contributed by atoms with Crippen molar-refractivity contribution in [2.45, 2.75) is 44.7 Å². The molecule has 2 bridgehead atoms. The zero-order chi connectivity index (χ0) is 15.0. The predicted molar refractivity (Wildman–Crippen MR) is 77.1 cm³/mol. The van der Waals surface area contributed by atoms with Crippen LogP contribution >= 0.6 is 0 Å². The number of aromatic nitrogens is 2. The van der Waals surface area contributed by atoms with Gasteiger partial charge in [0.15, 0.2) is 5.69 Å². The Morgan fingerprint density at radius 3 is 2.81 bits per heavy atom. The average molecular weight is 291 g/mol. The topological polar surface area (TPSA) is 75.5 Å². The lowest BCUT2D eigenvalue weighted by molar-refractivity contribution is 0.0593. The van der Waals surface area contributed by atoms with Gasteiger partial charge in [0, 0.05) is 17.5 Å². The third kappa shape index (κ3) is 2.09. The molecule has 0 aliphatic carbocycles. The Morgan fingerprint density at radius 2 is 2.29 bits per heavy atom. The van der Waals surface area contributed by atoms with E-state index in [2.05, 4.69) is 26.5 Å². The maximum Gasteiger partial charge on any atom is 0.358 e. The molecule has 2 fully saturated rings. The molecule has 2 aliphatic rings. The SMILES string of the molecule is CC[C@]1(CO)C[C@H]2CC[C@@H]1N2c1cnc(C(=O)OC)cn1. The second kappa shape index (κ2) is 5.26. The molecule has 0 spiro atoms. The van der Waals surface area contributed by atoms with Gasteiger partial charge in [-0.1, -0.05) is 6.92 Å². The molecule has 3 rings (SSSR count). The third-order valence-electron chi connectivity index (χ3n) is 5.17. The third-order valence-corrected chi connectivity index (χ3v) is 5.17. The Hall–Kier alpha value is -1.69. The summed E-state index contributed by atoms with van der Waals surface area (Å²) in [6, 6.07) is 0.733. The van der Waals surface area contributed by atoms with E-state index in [1.165, 1.54) is 13.3 Å². The number of nitrogens with zero attached hydrogens (tertiary/aromatic N) is 3. The van der Waals surface area contributed by atoms with Crippen LogP contribution in [0.4, 0.5) is 5.82 Å². The van der Waals surface area contributed by atoms with E-state index in [1.807, 2.05) is 0 Å². The molecule has 1 N–H and O–H groups in total. The summed E-state index contributed by atoms with van der Waals surface area (Å²) in [6.45, 7) is 2.36. The van der Waals surface area contributed by atoms with Gasteiger partial charge in [0.2, 0.25) is 0 Å². The van der Waals surface area contributed by atoms with Gasteiger partial charge in [0.05, 0.1) is 26.1 Å². The number of aliphatic hydroxyl groups is 1. The van der Waals surface area contributed by atoms with E-state index in [1.54, 1.807) is 6.20 Å². The molecular weight excluding hydrogens is 270 g/mol. The van der Waals surface area contributed by atoms with Gasteiger partial charge in [-0.2, -0.15) is 0 Å². The van der Waals surface area contributed by atoms with Crippen LogP contribution in [0.5, 0.6) is 0 Å². The number of esters is 1. The number of ether oxygens (including phenoxy) is 1. The zero-order valence-electron chi connectivity index (χ0n) is 12.5. The highest BCUT2D eigenvalue weighted by Gasteiger charge is 2.55. The van der Waals surface area contributed by atoms with Crippen molar-refractivity contribution in [1.82, 2.24) is 9.97 Å². The van der Waals surface area contributed by atoms with Crippen molar-refractivity contribution in [2.75, 3.05) is 18.6 Å². The first-order valence-electron chi connectivity index (χ1n) is 7.44. The van der Waals surface area contributed by atoms with Crippen molar-refractivity contribution < 1.29 is 14.6 Å². The van der Waals surface area contributed by atoms with Crippen molar-refractivity contribution in [2.24, 2.45) is 5.41 Å². The van der Waals surface area contributed by atoms with Crippen LogP contribution in [-0.2, 0) is 4.74 Å². The van der Waals surface area contributed by atoms with Crippen LogP contribution in [-0.4, -0.2) is 46.8 Å². The van der Waals surface area contributed by atoms with E-state index < -0.39 is 5.97 Å². The summed E-state index contributed by atoms with van der Waals surface area (Å²) in [5.41, 5.74) is 0.197. The second-order valence-corrected chi connectivity index (χ2v) is 5.98. The van der Waals surface area contributed by atoms with Gasteiger partial charge < -0.3 is 14.7 Å². The highest BCUT2D eigenvalue weighted by Crippen LogP contribution is 2.52. The molecule has 0 unspecified atom stereocenters. The summed E-state index contributed by atoms with van der Waals surface area (Å²) in [7, 11) is 1.33. The van der Waals surface area contributed by atoms with E-state index in [9.17, 15) is 9.90 Å². The predicted octanol–water partition coefficient (Wildman–Crippen LogP) is 1.39. The molecule has 1 aromatic heterocycles. The van der Waals surface area contributed by atoms with Gasteiger partial charge in [-0.3, -0.25) is 0 Å². The molecule has 3 heterocycles. The minimum absolute atomic E-state index is 0.0222. The van der Waals surface area contributed by atoms with Crippen LogP contribution in [0.2, 0.25) is 0 Å². The van der Waals surface area contributed by atoms with E-state index in [0.29, 0.717) is 12.1 Å². The van der Waals surface area contributed by atoms with Crippen molar-refractivity contribution in [3.8, 4) is 0 Å². The lowest BCUT2D eigenvalue weighted by atomic mass is 9.72. The van der Waals surface area contributed by atoms with E-state index in [-0.39, 0.29) is 17.7 Å². The number of hydrogen-bond acceptors (Lipinski definition) is 6. The van der Waals surface area contributed by atoms with Crippen molar-refractivity contribution in [3.63, 3.8) is 0 Å². The lowest BCUT2D eigenvalue weighted by Crippen LogP contribution is -2.40. The maximum absolute atomic E-state index is 11.4. The molecule has 0 amide bonds. The fourth-order valence-electron chi connectivity index (χ4n) is 3.96. The van der Waals surface area contributed by atoms with Gasteiger partial charge in [-0.25, -0.2) is 14.8 Å². The van der Waals surface area contributed by atoms with E-state index in [0.717, 1.165) is 31.5 Å². The van der Waals surface area contributed by atoms with Crippen molar-refractivity contribution >= 4 is 11.8 Å². The van der Waals surface area contributed by atoms with Crippen LogP contribution in [0.25, 0.3) is 0 Å². The van der Waals surface area contributed by atoms with Gasteiger partial charge >= 0.3 is 5.97 Å². The van der Waals surface area contributed by atoms with Gasteiger partial charge in [0.1, 0.15) is 5.82 Å². The Kier molecular flexibility index (Phi) is 3.57. The van der Waals surface area contributed by atoms with Crippen LogP contribution < -0.4 is 4.90 Å². The fraction of sp³-hybridized carbons (Fsp3) is 0.667. The second-order valence-electron chi connectivity index (χ2n) is 5.98. The van der Waals surface area contributed by atoms with E-state index in [4.69, 9.17) is 0 Å². The quantitative estimate of drug-likeness (QED) is 0.845. The molecule has 2 aliphatic heterocycles. The number of fused-ring (bicyclic) bond motifs is 2. The number of methoxy groups -OCH3 is 1. The molecule has 114 valence electrons. The number of carbonyl (C=O) groups is 1. The minimum Gasteiger partial charge on any atom is -0.464 e. The maximum atomic E-state index is 11.4. The first-order chi connectivity index (χ1) is 10.1. The fourth-order valence-corrected chi connectivity index (χ4v) is 3.96. The highest BCUT2D eigenvalue weighted by molar-refractivity contribution is 5.86. The largest absolute Gasteiger partial charge is 0.464 e. The summed E-state index contributed by atoms with van der Waals surface area (Å²) in [5, 5.41) is 9.83. The average Bonchev–Trinajstić information content (AvgIpc) is 3.10. The number of carbonyl (C=O) groups excluding carboxylic acids is 1. The number of hydrogen-bond donors (Lipinski definition) is 1. The van der Waals surface area contributed by atoms with E-state index >= 15 is 0 Å². The Bertz CT molecular complexity index is 527. The van der Waals surface area contributed by atoms with Gasteiger partial charge in [0.25, 0.3) is 0 Å². The molecule has 0 radical (unpaired) electrons. The van der Waals surface area contributed by atoms with Crippen LogP contribution in [0, 0.1) is 5.41 Å². The minimum atomic E-state index is -0.475. The summed E-state index contributed by atoms with van der Waals surface area (Å²) in [6.07, 6.45) is 7.29.